The first kappa shape index (κ1) is 16.2. The van der Waals surface area contributed by atoms with E-state index < -0.39 is 6.10 Å². The first-order valence-electron chi connectivity index (χ1n) is 7.35. The summed E-state index contributed by atoms with van der Waals surface area (Å²) in [6.07, 6.45) is 0.750. The average Bonchev–Trinajstić information content (AvgIpc) is 2.90. The third-order valence-corrected chi connectivity index (χ3v) is 3.69. The maximum absolute atomic E-state index is 12.0. The van der Waals surface area contributed by atoms with Crippen molar-refractivity contribution >= 4 is 5.91 Å². The topological polar surface area (TPSA) is 78.0 Å². The molecule has 5 nitrogen and oxygen atoms in total. The Hall–Kier alpha value is -2.14. The number of aromatic nitrogens is 2. The van der Waals surface area contributed by atoms with Crippen LogP contribution in [0.4, 0.5) is 0 Å². The summed E-state index contributed by atoms with van der Waals surface area (Å²) in [5.74, 6) is -0.239. The van der Waals surface area contributed by atoms with Crippen molar-refractivity contribution in [2.75, 3.05) is 6.54 Å². The van der Waals surface area contributed by atoms with Crippen LogP contribution in [-0.4, -0.2) is 27.8 Å². The van der Waals surface area contributed by atoms with Crippen molar-refractivity contribution < 1.29 is 9.90 Å². The molecule has 3 N–H and O–H groups in total. The zero-order chi connectivity index (χ0) is 16.3. The summed E-state index contributed by atoms with van der Waals surface area (Å²) < 4.78 is 0. The number of nitrogens with one attached hydrogen (secondary N) is 2. The summed E-state index contributed by atoms with van der Waals surface area (Å²) in [5, 5.41) is 19.4. The lowest BCUT2D eigenvalue weighted by Crippen LogP contribution is -2.28. The van der Waals surface area contributed by atoms with Crippen LogP contribution in [0.2, 0.25) is 0 Å². The molecule has 0 saturated heterocycles. The molecule has 0 fully saturated rings. The Kier molecular flexibility index (Phi) is 4.66. The minimum atomic E-state index is -0.731. The van der Waals surface area contributed by atoms with Crippen LogP contribution in [-0.2, 0) is 5.41 Å². The van der Waals surface area contributed by atoms with Gasteiger partial charge in [-0.2, -0.15) is 5.10 Å². The molecule has 0 saturated carbocycles. The van der Waals surface area contributed by atoms with Gasteiger partial charge in [-0.3, -0.25) is 9.89 Å². The number of nitrogens with zero attached hydrogens (tertiary/aromatic N) is 1. The molecular formula is C17H23N3O2. The minimum Gasteiger partial charge on any atom is -0.387 e. The van der Waals surface area contributed by atoms with E-state index in [2.05, 4.69) is 36.3 Å². The van der Waals surface area contributed by atoms with Gasteiger partial charge in [0.2, 0.25) is 0 Å². The Morgan fingerprint density at radius 3 is 2.45 bits per heavy atom. The Labute approximate surface area is 130 Å². The summed E-state index contributed by atoms with van der Waals surface area (Å²) in [7, 11) is 0. The van der Waals surface area contributed by atoms with E-state index in [1.54, 1.807) is 6.92 Å². The van der Waals surface area contributed by atoms with E-state index in [-0.39, 0.29) is 17.9 Å². The monoisotopic (exact) mass is 301 g/mol. The Balaban J connectivity index is 1.96. The van der Waals surface area contributed by atoms with E-state index in [1.807, 2.05) is 24.3 Å². The van der Waals surface area contributed by atoms with Crippen LogP contribution in [0.5, 0.6) is 0 Å². The standard InChI is InChI=1S/C17H23N3O2/c1-11-14(9-19-20-11)16(22)18-10-15(21)12-5-7-13(8-6-12)17(2,3)4/h5-9,15,21H,10H2,1-4H3,(H,18,22)(H,19,20)/t15-/m1/s1. The molecule has 118 valence electrons. The number of hydrogen-bond acceptors (Lipinski definition) is 3. The highest BCUT2D eigenvalue weighted by molar-refractivity contribution is 5.94. The molecular weight excluding hydrogens is 278 g/mol. The third-order valence-electron chi connectivity index (χ3n) is 3.69. The second-order valence-corrected chi connectivity index (χ2v) is 6.51. The number of aryl methyl sites for hydroxylation is 1. The van der Waals surface area contributed by atoms with Crippen molar-refractivity contribution in [3.8, 4) is 0 Å². The average molecular weight is 301 g/mol. The number of H-pyrrole nitrogens is 1. The molecule has 0 spiro atoms. The number of aromatic amines is 1. The number of amides is 1. The lowest BCUT2D eigenvalue weighted by Gasteiger charge is -2.20. The fourth-order valence-corrected chi connectivity index (χ4v) is 2.19. The van der Waals surface area contributed by atoms with Crippen LogP contribution in [0.15, 0.2) is 30.5 Å². The van der Waals surface area contributed by atoms with Gasteiger partial charge in [-0.15, -0.1) is 0 Å². The summed E-state index contributed by atoms with van der Waals surface area (Å²) in [6, 6.07) is 7.84. The fourth-order valence-electron chi connectivity index (χ4n) is 2.19. The van der Waals surface area contributed by atoms with E-state index in [1.165, 1.54) is 11.8 Å². The molecule has 1 amide bonds. The summed E-state index contributed by atoms with van der Waals surface area (Å²) in [5.41, 5.74) is 3.28. The van der Waals surface area contributed by atoms with Crippen LogP contribution in [0.1, 0.15) is 54.1 Å². The molecule has 0 aliphatic carbocycles. The van der Waals surface area contributed by atoms with Crippen molar-refractivity contribution in [2.45, 2.75) is 39.2 Å². The number of rotatable bonds is 4. The number of carbonyl (C=O) groups is 1. The van der Waals surface area contributed by atoms with Crippen molar-refractivity contribution in [1.82, 2.24) is 15.5 Å². The van der Waals surface area contributed by atoms with Gasteiger partial charge < -0.3 is 10.4 Å². The smallest absolute Gasteiger partial charge is 0.254 e. The predicted molar refractivity (Wildman–Crippen MR) is 85.8 cm³/mol. The number of hydrogen-bond donors (Lipinski definition) is 3. The van der Waals surface area contributed by atoms with Gasteiger partial charge in [-0.25, -0.2) is 0 Å². The highest BCUT2D eigenvalue weighted by atomic mass is 16.3. The quantitative estimate of drug-likeness (QED) is 0.812. The molecule has 1 aromatic heterocycles. The number of aliphatic hydroxyl groups excluding tert-OH is 1. The van der Waals surface area contributed by atoms with Gasteiger partial charge in [0.1, 0.15) is 0 Å². The minimum absolute atomic E-state index is 0.0799. The predicted octanol–water partition coefficient (Wildman–Crippen LogP) is 2.48. The van der Waals surface area contributed by atoms with Crippen molar-refractivity contribution in [1.29, 1.82) is 0 Å². The largest absolute Gasteiger partial charge is 0.387 e. The van der Waals surface area contributed by atoms with Crippen LogP contribution >= 0.6 is 0 Å². The molecule has 1 aromatic carbocycles. The van der Waals surface area contributed by atoms with E-state index in [9.17, 15) is 9.90 Å². The van der Waals surface area contributed by atoms with Gasteiger partial charge in [0.15, 0.2) is 0 Å². The van der Waals surface area contributed by atoms with Crippen molar-refractivity contribution in [3.63, 3.8) is 0 Å². The molecule has 1 heterocycles. The zero-order valence-electron chi connectivity index (χ0n) is 13.5. The van der Waals surface area contributed by atoms with Gasteiger partial charge in [0.05, 0.1) is 17.9 Å². The second kappa shape index (κ2) is 6.32. The van der Waals surface area contributed by atoms with Crippen molar-refractivity contribution in [3.05, 3.63) is 52.8 Å². The van der Waals surface area contributed by atoms with Gasteiger partial charge in [0.25, 0.3) is 5.91 Å². The van der Waals surface area contributed by atoms with Crippen LogP contribution in [0.25, 0.3) is 0 Å². The number of benzene rings is 1. The lowest BCUT2D eigenvalue weighted by atomic mass is 9.86. The van der Waals surface area contributed by atoms with Gasteiger partial charge in [-0.05, 0) is 23.5 Å². The van der Waals surface area contributed by atoms with Gasteiger partial charge >= 0.3 is 0 Å². The fraction of sp³-hybridized carbons (Fsp3) is 0.412. The zero-order valence-corrected chi connectivity index (χ0v) is 13.5. The van der Waals surface area contributed by atoms with Gasteiger partial charge in [-0.1, -0.05) is 45.0 Å². The van der Waals surface area contributed by atoms with Crippen molar-refractivity contribution in [2.24, 2.45) is 0 Å². The normalized spacial score (nSPS) is 13.0. The SMILES string of the molecule is Cc1[nH]ncc1C(=O)NC[C@@H](O)c1ccc(C(C)(C)C)cc1. The second-order valence-electron chi connectivity index (χ2n) is 6.51. The van der Waals surface area contributed by atoms with E-state index in [0.29, 0.717) is 11.3 Å². The molecule has 2 aromatic rings. The molecule has 0 radical (unpaired) electrons. The maximum Gasteiger partial charge on any atom is 0.254 e. The maximum atomic E-state index is 12.0. The highest BCUT2D eigenvalue weighted by Crippen LogP contribution is 2.23. The first-order chi connectivity index (χ1) is 10.3. The highest BCUT2D eigenvalue weighted by Gasteiger charge is 2.16. The van der Waals surface area contributed by atoms with E-state index >= 15 is 0 Å². The molecule has 22 heavy (non-hydrogen) atoms. The molecule has 0 unspecified atom stereocenters. The molecule has 0 aliphatic heterocycles. The lowest BCUT2D eigenvalue weighted by molar-refractivity contribution is 0.0915. The third kappa shape index (κ3) is 3.74. The Bertz CT molecular complexity index is 639. The number of carbonyl (C=O) groups excluding carboxylic acids is 1. The molecule has 5 heteroatoms. The molecule has 1 atom stereocenters. The summed E-state index contributed by atoms with van der Waals surface area (Å²) >= 11 is 0. The van der Waals surface area contributed by atoms with Crippen LogP contribution in [0.3, 0.4) is 0 Å². The first-order valence-corrected chi connectivity index (χ1v) is 7.35. The van der Waals surface area contributed by atoms with Gasteiger partial charge in [0, 0.05) is 12.2 Å². The summed E-state index contributed by atoms with van der Waals surface area (Å²) in [4.78, 5) is 12.0. The summed E-state index contributed by atoms with van der Waals surface area (Å²) in [6.45, 7) is 8.38. The Morgan fingerprint density at radius 2 is 1.95 bits per heavy atom. The van der Waals surface area contributed by atoms with E-state index in [0.717, 1.165) is 5.56 Å². The van der Waals surface area contributed by atoms with Crippen LogP contribution in [0, 0.1) is 6.92 Å². The molecule has 0 aliphatic rings. The van der Waals surface area contributed by atoms with E-state index in [4.69, 9.17) is 0 Å². The number of aliphatic hydroxyl groups is 1. The van der Waals surface area contributed by atoms with Crippen LogP contribution < -0.4 is 5.32 Å². The molecule has 0 bridgehead atoms. The molecule has 2 rings (SSSR count). The Morgan fingerprint density at radius 1 is 1.32 bits per heavy atom.